The Bertz CT molecular complexity index is 1970. The smallest absolute Gasteiger partial charge is 0.0916 e. The van der Waals surface area contributed by atoms with E-state index in [1.54, 1.807) is 0 Å². The summed E-state index contributed by atoms with van der Waals surface area (Å²) in [4.78, 5) is 2.55. The molecule has 1 aliphatic rings. The predicted octanol–water partition coefficient (Wildman–Crippen LogP) is 8.74. The summed E-state index contributed by atoms with van der Waals surface area (Å²) in [5.41, 5.74) is 10.0. The molecule has 2 aromatic heterocycles. The van der Waals surface area contributed by atoms with E-state index in [1.807, 2.05) is 0 Å². The van der Waals surface area contributed by atoms with Crippen molar-refractivity contribution in [1.29, 1.82) is 0 Å². The average molecular weight is 464 g/mol. The van der Waals surface area contributed by atoms with Crippen LogP contribution in [0.3, 0.4) is 0 Å². The molecule has 0 bridgehead atoms. The fraction of sp³-hybridized carbons (Fsp3) is 0.0909. The number of rotatable bonds is 2. The lowest BCUT2D eigenvalue weighted by Crippen LogP contribution is -2.30. The van der Waals surface area contributed by atoms with Crippen LogP contribution in [0.15, 0.2) is 109 Å². The minimum Gasteiger partial charge on any atom is -0.334 e. The van der Waals surface area contributed by atoms with E-state index in [0.29, 0.717) is 0 Å². The molecular weight excluding hydrogens is 438 g/mol. The third kappa shape index (κ3) is 2.37. The van der Waals surface area contributed by atoms with Crippen molar-refractivity contribution >= 4 is 55.0 Å². The molecule has 0 saturated heterocycles. The minimum atomic E-state index is 0.286. The summed E-state index contributed by atoms with van der Waals surface area (Å²) in [7, 11) is 0. The van der Waals surface area contributed by atoms with Gasteiger partial charge >= 0.3 is 0 Å². The lowest BCUT2D eigenvalue weighted by molar-refractivity contribution is 0.783. The zero-order chi connectivity index (χ0) is 24.0. The van der Waals surface area contributed by atoms with Gasteiger partial charge < -0.3 is 14.0 Å². The van der Waals surface area contributed by atoms with E-state index < -0.39 is 0 Å². The first-order valence-electron chi connectivity index (χ1n) is 12.7. The van der Waals surface area contributed by atoms with Crippen LogP contribution < -0.4 is 4.90 Å². The van der Waals surface area contributed by atoms with Gasteiger partial charge in [-0.15, -0.1) is 0 Å². The van der Waals surface area contributed by atoms with Gasteiger partial charge in [0.25, 0.3) is 0 Å². The normalized spacial score (nSPS) is 12.9. The van der Waals surface area contributed by atoms with Crippen LogP contribution >= 0.6 is 0 Å². The highest BCUT2D eigenvalue weighted by Crippen LogP contribution is 2.52. The SMILES string of the molecule is CC(C)N1c2ccccc2-n2c3ccccc3c3cc4c5ccccc5n(-c5ccccc5)c4c1c32. The van der Waals surface area contributed by atoms with Crippen molar-refractivity contribution in [3.05, 3.63) is 109 Å². The largest absolute Gasteiger partial charge is 0.334 e. The Kier molecular flexibility index (Phi) is 3.85. The van der Waals surface area contributed by atoms with Crippen molar-refractivity contribution in [1.82, 2.24) is 9.13 Å². The molecule has 0 spiro atoms. The van der Waals surface area contributed by atoms with Gasteiger partial charge in [0.05, 0.1) is 39.1 Å². The summed E-state index contributed by atoms with van der Waals surface area (Å²) in [5.74, 6) is 0. The summed E-state index contributed by atoms with van der Waals surface area (Å²) >= 11 is 0. The van der Waals surface area contributed by atoms with Crippen molar-refractivity contribution in [2.45, 2.75) is 19.9 Å². The van der Waals surface area contributed by atoms with Crippen LogP contribution in [0.5, 0.6) is 0 Å². The lowest BCUT2D eigenvalue weighted by atomic mass is 10.0. The van der Waals surface area contributed by atoms with Crippen molar-refractivity contribution < 1.29 is 0 Å². The molecule has 172 valence electrons. The molecule has 0 N–H and O–H groups in total. The minimum absolute atomic E-state index is 0.286. The Morgan fingerprint density at radius 2 is 1.03 bits per heavy atom. The van der Waals surface area contributed by atoms with Gasteiger partial charge in [-0.25, -0.2) is 0 Å². The highest BCUT2D eigenvalue weighted by atomic mass is 15.2. The molecule has 0 saturated carbocycles. The van der Waals surface area contributed by atoms with E-state index in [4.69, 9.17) is 0 Å². The number of fused-ring (bicyclic) bond motifs is 9. The van der Waals surface area contributed by atoms with E-state index in [0.717, 1.165) is 0 Å². The van der Waals surface area contributed by atoms with Crippen LogP contribution in [0, 0.1) is 0 Å². The zero-order valence-corrected chi connectivity index (χ0v) is 20.3. The number of para-hydroxylation sites is 5. The molecule has 0 atom stereocenters. The van der Waals surface area contributed by atoms with Gasteiger partial charge in [-0.05, 0) is 56.3 Å². The lowest BCUT2D eigenvalue weighted by Gasteiger charge is -2.36. The highest BCUT2D eigenvalue weighted by Gasteiger charge is 2.32. The van der Waals surface area contributed by atoms with E-state index in [-0.39, 0.29) is 6.04 Å². The standard InChI is InChI=1S/C33H25N3/c1-21(2)34-29-18-10-11-19-30(29)36-28-17-9-7-15-24(28)26-20-25-23-14-6-8-16-27(23)35(22-12-4-3-5-13-22)31(25)33(34)32(26)36/h3-21H,1-2H3. The third-order valence-corrected chi connectivity index (χ3v) is 7.72. The molecule has 8 rings (SSSR count). The van der Waals surface area contributed by atoms with Gasteiger partial charge in [0, 0.05) is 33.3 Å². The summed E-state index contributed by atoms with van der Waals surface area (Å²) in [6.07, 6.45) is 0. The highest BCUT2D eigenvalue weighted by molar-refractivity contribution is 6.27. The topological polar surface area (TPSA) is 13.1 Å². The second kappa shape index (κ2) is 7.02. The number of hydrogen-bond acceptors (Lipinski definition) is 1. The second-order valence-electron chi connectivity index (χ2n) is 10.0. The molecule has 0 radical (unpaired) electrons. The van der Waals surface area contributed by atoms with Gasteiger partial charge in [0.2, 0.25) is 0 Å². The van der Waals surface area contributed by atoms with Crippen LogP contribution in [0.4, 0.5) is 11.4 Å². The molecule has 0 fully saturated rings. The maximum Gasteiger partial charge on any atom is 0.0916 e. The van der Waals surface area contributed by atoms with Gasteiger partial charge in [-0.1, -0.05) is 66.7 Å². The quantitative estimate of drug-likeness (QED) is 0.250. The third-order valence-electron chi connectivity index (χ3n) is 7.72. The first-order chi connectivity index (χ1) is 17.7. The van der Waals surface area contributed by atoms with Gasteiger partial charge in [-0.3, -0.25) is 0 Å². The fourth-order valence-corrected chi connectivity index (χ4v) is 6.38. The number of anilines is 2. The Morgan fingerprint density at radius 1 is 0.500 bits per heavy atom. The summed E-state index contributed by atoms with van der Waals surface area (Å²) in [6, 6.07) is 40.0. The Labute approximate surface area is 209 Å². The number of benzene rings is 5. The van der Waals surface area contributed by atoms with Crippen molar-refractivity contribution in [3.8, 4) is 11.4 Å². The fourth-order valence-electron chi connectivity index (χ4n) is 6.38. The molecule has 3 heterocycles. The van der Waals surface area contributed by atoms with E-state index in [2.05, 4.69) is 137 Å². The Morgan fingerprint density at radius 3 is 1.69 bits per heavy atom. The maximum absolute atomic E-state index is 2.55. The van der Waals surface area contributed by atoms with Gasteiger partial charge in [0.15, 0.2) is 0 Å². The van der Waals surface area contributed by atoms with Crippen molar-refractivity contribution in [2.24, 2.45) is 0 Å². The molecule has 5 aromatic carbocycles. The van der Waals surface area contributed by atoms with Crippen LogP contribution in [-0.2, 0) is 0 Å². The molecule has 3 nitrogen and oxygen atoms in total. The van der Waals surface area contributed by atoms with Gasteiger partial charge in [0.1, 0.15) is 0 Å². The number of aromatic nitrogens is 2. The molecule has 0 aliphatic carbocycles. The molecule has 7 aromatic rings. The molecule has 1 aliphatic heterocycles. The Hall–Kier alpha value is -4.50. The zero-order valence-electron chi connectivity index (χ0n) is 20.3. The summed E-state index contributed by atoms with van der Waals surface area (Å²) in [5, 5.41) is 5.19. The van der Waals surface area contributed by atoms with E-state index in [1.165, 1.54) is 66.4 Å². The van der Waals surface area contributed by atoms with E-state index in [9.17, 15) is 0 Å². The molecule has 3 heteroatoms. The Balaban J connectivity index is 1.72. The second-order valence-corrected chi connectivity index (χ2v) is 10.0. The van der Waals surface area contributed by atoms with Gasteiger partial charge in [-0.2, -0.15) is 0 Å². The number of nitrogens with zero attached hydrogens (tertiary/aromatic N) is 3. The van der Waals surface area contributed by atoms with Crippen molar-refractivity contribution in [2.75, 3.05) is 4.90 Å². The van der Waals surface area contributed by atoms with Crippen LogP contribution in [0.2, 0.25) is 0 Å². The first kappa shape index (κ1) is 19.8. The summed E-state index contributed by atoms with van der Waals surface area (Å²) in [6.45, 7) is 4.60. The average Bonchev–Trinajstić information content (AvgIpc) is 3.43. The first-order valence-corrected chi connectivity index (χ1v) is 12.7. The van der Waals surface area contributed by atoms with Crippen molar-refractivity contribution in [3.63, 3.8) is 0 Å². The van der Waals surface area contributed by atoms with Crippen LogP contribution in [-0.4, -0.2) is 15.2 Å². The van der Waals surface area contributed by atoms with Crippen LogP contribution in [0.1, 0.15) is 13.8 Å². The molecule has 0 amide bonds. The maximum atomic E-state index is 2.55. The predicted molar refractivity (Wildman–Crippen MR) is 152 cm³/mol. The molecule has 0 unspecified atom stereocenters. The monoisotopic (exact) mass is 463 g/mol. The summed E-state index contributed by atoms with van der Waals surface area (Å²) < 4.78 is 4.95. The molecular formula is C33H25N3. The van der Waals surface area contributed by atoms with E-state index >= 15 is 0 Å². The number of hydrogen-bond donors (Lipinski definition) is 0. The molecule has 36 heavy (non-hydrogen) atoms. The van der Waals surface area contributed by atoms with Crippen LogP contribution in [0.25, 0.3) is 55.0 Å².